The van der Waals surface area contributed by atoms with Crippen LogP contribution in [-0.2, 0) is 16.0 Å². The lowest BCUT2D eigenvalue weighted by molar-refractivity contribution is -0.131. The van der Waals surface area contributed by atoms with Crippen molar-refractivity contribution in [2.75, 3.05) is 6.54 Å². The van der Waals surface area contributed by atoms with Gasteiger partial charge in [-0.05, 0) is 30.2 Å². The Balaban J connectivity index is 2.42. The summed E-state index contributed by atoms with van der Waals surface area (Å²) >= 11 is 0. The number of hydrogen-bond acceptors (Lipinski definition) is 3. The number of carbonyl (C=O) groups is 2. The van der Waals surface area contributed by atoms with Crippen LogP contribution in [0.2, 0.25) is 0 Å². The van der Waals surface area contributed by atoms with Crippen LogP contribution in [0.15, 0.2) is 36.9 Å². The second-order valence-corrected chi connectivity index (χ2v) is 3.48. The molecule has 0 unspecified atom stereocenters. The fourth-order valence-electron chi connectivity index (χ4n) is 1.29. The highest BCUT2D eigenvalue weighted by Gasteiger charge is 1.99. The predicted octanol–water partition coefficient (Wildman–Crippen LogP) is 1.46. The molecular weight excluding hydrogens is 218 g/mol. The van der Waals surface area contributed by atoms with Gasteiger partial charge in [0, 0.05) is 13.5 Å². The number of amides is 1. The fraction of sp³-hybridized carbons (Fsp3) is 0.231. The van der Waals surface area contributed by atoms with Crippen LogP contribution >= 0.6 is 0 Å². The van der Waals surface area contributed by atoms with Gasteiger partial charge < -0.3 is 10.1 Å². The number of ether oxygens (including phenoxy) is 1. The average Bonchev–Trinajstić information content (AvgIpc) is 2.30. The topological polar surface area (TPSA) is 55.4 Å². The van der Waals surface area contributed by atoms with Crippen molar-refractivity contribution in [3.63, 3.8) is 0 Å². The molecule has 0 atom stereocenters. The number of carbonyl (C=O) groups excluding carboxylic acids is 2. The third kappa shape index (κ3) is 4.97. The van der Waals surface area contributed by atoms with Crippen LogP contribution in [0.1, 0.15) is 12.5 Å². The first-order valence-electron chi connectivity index (χ1n) is 5.29. The van der Waals surface area contributed by atoms with E-state index >= 15 is 0 Å². The second-order valence-electron chi connectivity index (χ2n) is 3.48. The van der Waals surface area contributed by atoms with Gasteiger partial charge >= 0.3 is 5.97 Å². The number of hydrogen-bond donors (Lipinski definition) is 1. The maximum Gasteiger partial charge on any atom is 0.308 e. The molecule has 0 saturated carbocycles. The normalized spacial score (nSPS) is 9.47. The highest BCUT2D eigenvalue weighted by molar-refractivity contribution is 5.86. The van der Waals surface area contributed by atoms with Crippen molar-refractivity contribution in [2.45, 2.75) is 13.3 Å². The summed E-state index contributed by atoms with van der Waals surface area (Å²) < 4.78 is 4.91. The highest BCUT2D eigenvalue weighted by Crippen LogP contribution is 2.12. The molecule has 17 heavy (non-hydrogen) atoms. The van der Waals surface area contributed by atoms with Crippen LogP contribution in [-0.4, -0.2) is 18.4 Å². The van der Waals surface area contributed by atoms with Gasteiger partial charge in [-0.15, -0.1) is 0 Å². The van der Waals surface area contributed by atoms with Gasteiger partial charge in [-0.2, -0.15) is 0 Å². The molecule has 4 heteroatoms. The summed E-state index contributed by atoms with van der Waals surface area (Å²) in [6.45, 7) is 5.28. The Morgan fingerprint density at radius 1 is 1.35 bits per heavy atom. The molecule has 4 nitrogen and oxygen atoms in total. The molecule has 1 aromatic rings. The third-order valence-corrected chi connectivity index (χ3v) is 2.08. The first-order chi connectivity index (χ1) is 8.11. The molecule has 90 valence electrons. The molecule has 0 aliphatic carbocycles. The van der Waals surface area contributed by atoms with Gasteiger partial charge in [-0.25, -0.2) is 0 Å². The molecule has 0 saturated heterocycles. The van der Waals surface area contributed by atoms with Crippen molar-refractivity contribution >= 4 is 11.9 Å². The van der Waals surface area contributed by atoms with Crippen LogP contribution in [0.4, 0.5) is 0 Å². The summed E-state index contributed by atoms with van der Waals surface area (Å²) in [5.74, 6) is 0.00825. The Morgan fingerprint density at radius 3 is 2.53 bits per heavy atom. The van der Waals surface area contributed by atoms with E-state index in [-0.39, 0.29) is 11.9 Å². The van der Waals surface area contributed by atoms with Gasteiger partial charge in [0.1, 0.15) is 5.75 Å². The smallest absolute Gasteiger partial charge is 0.308 e. The Labute approximate surface area is 100 Å². The molecule has 1 amide bonds. The predicted molar refractivity (Wildman–Crippen MR) is 64.7 cm³/mol. The largest absolute Gasteiger partial charge is 0.427 e. The van der Waals surface area contributed by atoms with Crippen LogP contribution in [0.3, 0.4) is 0 Å². The highest BCUT2D eigenvalue weighted by atomic mass is 16.5. The van der Waals surface area contributed by atoms with Gasteiger partial charge in [0.2, 0.25) is 5.91 Å². The van der Waals surface area contributed by atoms with E-state index in [0.717, 1.165) is 12.0 Å². The lowest BCUT2D eigenvalue weighted by atomic mass is 10.1. The van der Waals surface area contributed by atoms with E-state index < -0.39 is 0 Å². The molecule has 0 fully saturated rings. The van der Waals surface area contributed by atoms with Crippen molar-refractivity contribution in [3.8, 4) is 5.75 Å². The van der Waals surface area contributed by atoms with E-state index in [4.69, 9.17) is 4.74 Å². The zero-order valence-electron chi connectivity index (χ0n) is 9.73. The summed E-state index contributed by atoms with van der Waals surface area (Å²) in [5.41, 5.74) is 1.06. The fourth-order valence-corrected chi connectivity index (χ4v) is 1.29. The first-order valence-corrected chi connectivity index (χ1v) is 5.29. The Morgan fingerprint density at radius 2 is 2.00 bits per heavy atom. The zero-order valence-corrected chi connectivity index (χ0v) is 9.73. The van der Waals surface area contributed by atoms with Gasteiger partial charge in [-0.1, -0.05) is 18.7 Å². The Bertz CT molecular complexity index is 409. The van der Waals surface area contributed by atoms with Gasteiger partial charge in [0.05, 0.1) is 0 Å². The van der Waals surface area contributed by atoms with Gasteiger partial charge in [-0.3, -0.25) is 9.59 Å². The third-order valence-electron chi connectivity index (χ3n) is 2.08. The van der Waals surface area contributed by atoms with E-state index in [9.17, 15) is 9.59 Å². The minimum absolute atomic E-state index is 0.179. The number of benzene rings is 1. The number of esters is 1. The van der Waals surface area contributed by atoms with E-state index in [1.54, 1.807) is 12.1 Å². The minimum atomic E-state index is -0.337. The molecule has 0 aliphatic heterocycles. The molecule has 0 spiro atoms. The monoisotopic (exact) mass is 233 g/mol. The Kier molecular flexibility index (Phi) is 4.94. The standard InChI is InChI=1S/C13H15NO3/c1-3-13(16)14-9-8-11-4-6-12(7-5-11)17-10(2)15/h3-7H,1,8-9H2,2H3,(H,14,16). The van der Waals surface area contributed by atoms with Crippen molar-refractivity contribution in [1.29, 1.82) is 0 Å². The quantitative estimate of drug-likeness (QED) is 0.476. The SMILES string of the molecule is C=CC(=O)NCCc1ccc(OC(C)=O)cc1. The van der Waals surface area contributed by atoms with E-state index in [1.165, 1.54) is 13.0 Å². The second kappa shape index (κ2) is 6.48. The number of nitrogens with one attached hydrogen (secondary N) is 1. The molecule has 0 bridgehead atoms. The molecule has 1 aromatic carbocycles. The molecular formula is C13H15NO3. The van der Waals surface area contributed by atoms with Gasteiger partial charge in [0.15, 0.2) is 0 Å². The summed E-state index contributed by atoms with van der Waals surface area (Å²) in [7, 11) is 0. The summed E-state index contributed by atoms with van der Waals surface area (Å²) in [4.78, 5) is 21.6. The molecule has 0 aromatic heterocycles. The molecule has 1 N–H and O–H groups in total. The first kappa shape index (κ1) is 13.0. The summed E-state index contributed by atoms with van der Waals surface area (Å²) in [6.07, 6.45) is 1.96. The summed E-state index contributed by atoms with van der Waals surface area (Å²) in [6, 6.07) is 7.18. The van der Waals surface area contributed by atoms with E-state index in [2.05, 4.69) is 11.9 Å². The zero-order chi connectivity index (χ0) is 12.7. The minimum Gasteiger partial charge on any atom is -0.427 e. The van der Waals surface area contributed by atoms with Crippen LogP contribution < -0.4 is 10.1 Å². The number of rotatable bonds is 5. The summed E-state index contributed by atoms with van der Waals surface area (Å²) in [5, 5.41) is 2.69. The van der Waals surface area contributed by atoms with Crippen molar-refractivity contribution in [2.24, 2.45) is 0 Å². The molecule has 0 aliphatic rings. The Hall–Kier alpha value is -2.10. The lowest BCUT2D eigenvalue weighted by Crippen LogP contribution is -2.23. The van der Waals surface area contributed by atoms with Gasteiger partial charge in [0.25, 0.3) is 0 Å². The maximum absolute atomic E-state index is 10.9. The van der Waals surface area contributed by atoms with Crippen LogP contribution in [0.5, 0.6) is 5.75 Å². The average molecular weight is 233 g/mol. The van der Waals surface area contributed by atoms with Crippen molar-refractivity contribution in [1.82, 2.24) is 5.32 Å². The van der Waals surface area contributed by atoms with Crippen molar-refractivity contribution in [3.05, 3.63) is 42.5 Å². The molecule has 0 heterocycles. The van der Waals surface area contributed by atoms with Crippen LogP contribution in [0.25, 0.3) is 0 Å². The lowest BCUT2D eigenvalue weighted by Gasteiger charge is -2.04. The van der Waals surface area contributed by atoms with Crippen molar-refractivity contribution < 1.29 is 14.3 Å². The maximum atomic E-state index is 10.9. The molecule has 1 rings (SSSR count). The van der Waals surface area contributed by atoms with E-state index in [0.29, 0.717) is 12.3 Å². The van der Waals surface area contributed by atoms with Crippen LogP contribution in [0, 0.1) is 0 Å². The molecule has 0 radical (unpaired) electrons. The van der Waals surface area contributed by atoms with E-state index in [1.807, 2.05) is 12.1 Å².